The summed E-state index contributed by atoms with van der Waals surface area (Å²) in [4.78, 5) is 10.7. The SMILES string of the molecule is COc1ccc2oc3cc(CC(=O)O)ccc3c2c1. The lowest BCUT2D eigenvalue weighted by molar-refractivity contribution is -0.136. The van der Waals surface area contributed by atoms with Crippen LogP contribution in [0.4, 0.5) is 0 Å². The number of rotatable bonds is 3. The molecule has 0 aliphatic rings. The fraction of sp³-hybridized carbons (Fsp3) is 0.133. The molecule has 0 bridgehead atoms. The van der Waals surface area contributed by atoms with Crippen LogP contribution in [0.5, 0.6) is 5.75 Å². The largest absolute Gasteiger partial charge is 0.497 e. The third kappa shape index (κ3) is 2.01. The molecule has 0 unspecified atom stereocenters. The van der Waals surface area contributed by atoms with Crippen molar-refractivity contribution in [3.63, 3.8) is 0 Å². The number of ether oxygens (including phenoxy) is 1. The Morgan fingerprint density at radius 2 is 2.00 bits per heavy atom. The van der Waals surface area contributed by atoms with Gasteiger partial charge < -0.3 is 14.3 Å². The Balaban J connectivity index is 2.19. The zero-order valence-corrected chi connectivity index (χ0v) is 10.3. The predicted octanol–water partition coefficient (Wildman–Crippen LogP) is 3.22. The molecule has 3 rings (SSSR count). The Labute approximate surface area is 109 Å². The molecule has 1 N–H and O–H groups in total. The van der Waals surface area contributed by atoms with Gasteiger partial charge in [-0.05, 0) is 29.8 Å². The van der Waals surface area contributed by atoms with E-state index in [1.807, 2.05) is 30.3 Å². The zero-order valence-electron chi connectivity index (χ0n) is 10.3. The number of hydrogen-bond donors (Lipinski definition) is 1. The van der Waals surface area contributed by atoms with E-state index in [9.17, 15) is 4.79 Å². The van der Waals surface area contributed by atoms with Gasteiger partial charge in [0, 0.05) is 10.8 Å². The zero-order chi connectivity index (χ0) is 13.4. The molecule has 0 radical (unpaired) electrons. The van der Waals surface area contributed by atoms with Crippen molar-refractivity contribution in [2.75, 3.05) is 7.11 Å². The van der Waals surface area contributed by atoms with Gasteiger partial charge in [0.05, 0.1) is 13.5 Å². The monoisotopic (exact) mass is 256 g/mol. The summed E-state index contributed by atoms with van der Waals surface area (Å²) in [7, 11) is 1.62. The highest BCUT2D eigenvalue weighted by atomic mass is 16.5. The van der Waals surface area contributed by atoms with Gasteiger partial charge in [-0.2, -0.15) is 0 Å². The predicted molar refractivity (Wildman–Crippen MR) is 71.6 cm³/mol. The van der Waals surface area contributed by atoms with Crippen LogP contribution >= 0.6 is 0 Å². The number of hydrogen-bond acceptors (Lipinski definition) is 3. The van der Waals surface area contributed by atoms with E-state index in [0.717, 1.165) is 27.7 Å². The van der Waals surface area contributed by atoms with E-state index in [1.165, 1.54) is 0 Å². The molecule has 4 nitrogen and oxygen atoms in total. The second-order valence-electron chi connectivity index (χ2n) is 4.37. The maximum absolute atomic E-state index is 10.7. The van der Waals surface area contributed by atoms with Crippen LogP contribution in [0.2, 0.25) is 0 Å². The molecule has 0 spiro atoms. The van der Waals surface area contributed by atoms with Crippen molar-refractivity contribution >= 4 is 27.9 Å². The number of carbonyl (C=O) groups is 1. The topological polar surface area (TPSA) is 59.7 Å². The molecule has 2 aromatic carbocycles. The molecule has 0 aliphatic heterocycles. The fourth-order valence-electron chi connectivity index (χ4n) is 2.21. The van der Waals surface area contributed by atoms with E-state index in [4.69, 9.17) is 14.3 Å². The van der Waals surface area contributed by atoms with Gasteiger partial charge in [-0.1, -0.05) is 12.1 Å². The lowest BCUT2D eigenvalue weighted by atomic mass is 10.1. The summed E-state index contributed by atoms with van der Waals surface area (Å²) in [5.74, 6) is -0.0815. The van der Waals surface area contributed by atoms with E-state index >= 15 is 0 Å². The van der Waals surface area contributed by atoms with Crippen LogP contribution in [-0.4, -0.2) is 18.2 Å². The minimum absolute atomic E-state index is 0.00366. The highest BCUT2D eigenvalue weighted by Crippen LogP contribution is 2.31. The second kappa shape index (κ2) is 4.31. The van der Waals surface area contributed by atoms with Crippen molar-refractivity contribution in [3.05, 3.63) is 42.0 Å². The summed E-state index contributed by atoms with van der Waals surface area (Å²) in [6.07, 6.45) is -0.00366. The Morgan fingerprint density at radius 3 is 2.74 bits per heavy atom. The number of methoxy groups -OCH3 is 1. The van der Waals surface area contributed by atoms with Gasteiger partial charge in [0.25, 0.3) is 0 Å². The molecule has 0 saturated heterocycles. The first-order valence-corrected chi connectivity index (χ1v) is 5.88. The van der Waals surface area contributed by atoms with Crippen LogP contribution in [0.25, 0.3) is 21.9 Å². The number of furan rings is 1. The van der Waals surface area contributed by atoms with Crippen molar-refractivity contribution in [1.29, 1.82) is 0 Å². The van der Waals surface area contributed by atoms with Crippen LogP contribution in [0.15, 0.2) is 40.8 Å². The molecule has 1 heterocycles. The van der Waals surface area contributed by atoms with Crippen molar-refractivity contribution in [2.45, 2.75) is 6.42 Å². The normalized spacial score (nSPS) is 11.0. The van der Waals surface area contributed by atoms with E-state index in [1.54, 1.807) is 13.2 Å². The summed E-state index contributed by atoms with van der Waals surface area (Å²) < 4.78 is 10.9. The molecule has 1 aromatic heterocycles. The molecule has 0 atom stereocenters. The summed E-state index contributed by atoms with van der Waals surface area (Å²) >= 11 is 0. The molecule has 0 aliphatic carbocycles. The van der Waals surface area contributed by atoms with Crippen molar-refractivity contribution in [1.82, 2.24) is 0 Å². The summed E-state index contributed by atoms with van der Waals surface area (Å²) in [5, 5.41) is 10.7. The standard InChI is InChI=1S/C15H12O4/c1-18-10-3-5-13-12(8-10)11-4-2-9(7-15(16)17)6-14(11)19-13/h2-6,8H,7H2,1H3,(H,16,17). The lowest BCUT2D eigenvalue weighted by Crippen LogP contribution is -1.99. The molecular weight excluding hydrogens is 244 g/mol. The molecule has 0 amide bonds. The minimum atomic E-state index is -0.850. The summed E-state index contributed by atoms with van der Waals surface area (Å²) in [5.41, 5.74) is 2.19. The van der Waals surface area contributed by atoms with Gasteiger partial charge in [-0.15, -0.1) is 0 Å². The van der Waals surface area contributed by atoms with Crippen molar-refractivity contribution in [3.8, 4) is 5.75 Å². The van der Waals surface area contributed by atoms with Crippen molar-refractivity contribution < 1.29 is 19.1 Å². The van der Waals surface area contributed by atoms with Crippen LogP contribution in [0.1, 0.15) is 5.56 Å². The third-order valence-electron chi connectivity index (χ3n) is 3.10. The number of carboxylic acids is 1. The Morgan fingerprint density at radius 1 is 1.16 bits per heavy atom. The van der Waals surface area contributed by atoms with Gasteiger partial charge in [0.15, 0.2) is 0 Å². The first-order valence-electron chi connectivity index (χ1n) is 5.88. The maximum atomic E-state index is 10.7. The third-order valence-corrected chi connectivity index (χ3v) is 3.10. The average Bonchev–Trinajstić information content (AvgIpc) is 2.74. The smallest absolute Gasteiger partial charge is 0.307 e. The second-order valence-corrected chi connectivity index (χ2v) is 4.37. The number of aliphatic carboxylic acids is 1. The average molecular weight is 256 g/mol. The molecule has 0 fully saturated rings. The number of carboxylic acid groups (broad SMARTS) is 1. The van der Waals surface area contributed by atoms with Gasteiger partial charge in [-0.3, -0.25) is 4.79 Å². The Kier molecular flexibility index (Phi) is 2.63. The van der Waals surface area contributed by atoms with Gasteiger partial charge in [0.1, 0.15) is 16.9 Å². The summed E-state index contributed by atoms with van der Waals surface area (Å²) in [6, 6.07) is 11.1. The van der Waals surface area contributed by atoms with E-state index in [-0.39, 0.29) is 6.42 Å². The highest BCUT2D eigenvalue weighted by Gasteiger charge is 2.09. The fourth-order valence-corrected chi connectivity index (χ4v) is 2.21. The van der Waals surface area contributed by atoms with E-state index < -0.39 is 5.97 Å². The first-order chi connectivity index (χ1) is 9.17. The maximum Gasteiger partial charge on any atom is 0.307 e. The van der Waals surface area contributed by atoms with Crippen LogP contribution in [-0.2, 0) is 11.2 Å². The molecule has 0 saturated carbocycles. The van der Waals surface area contributed by atoms with E-state index in [0.29, 0.717) is 5.58 Å². The quantitative estimate of drug-likeness (QED) is 0.781. The molecule has 3 aromatic rings. The molecule has 4 heteroatoms. The summed E-state index contributed by atoms with van der Waals surface area (Å²) in [6.45, 7) is 0. The minimum Gasteiger partial charge on any atom is -0.497 e. The highest BCUT2D eigenvalue weighted by molar-refractivity contribution is 6.05. The molecular formula is C15H12O4. The lowest BCUT2D eigenvalue weighted by Gasteiger charge is -1.98. The van der Waals surface area contributed by atoms with Crippen LogP contribution in [0.3, 0.4) is 0 Å². The number of fused-ring (bicyclic) bond motifs is 3. The van der Waals surface area contributed by atoms with Gasteiger partial charge in [-0.25, -0.2) is 0 Å². The van der Waals surface area contributed by atoms with Crippen LogP contribution < -0.4 is 4.74 Å². The molecule has 96 valence electrons. The molecule has 19 heavy (non-hydrogen) atoms. The van der Waals surface area contributed by atoms with E-state index in [2.05, 4.69) is 0 Å². The number of benzene rings is 2. The van der Waals surface area contributed by atoms with Crippen LogP contribution in [0, 0.1) is 0 Å². The Hall–Kier alpha value is -2.49. The first kappa shape index (κ1) is 11.6. The van der Waals surface area contributed by atoms with Gasteiger partial charge in [0.2, 0.25) is 0 Å². The van der Waals surface area contributed by atoms with Gasteiger partial charge >= 0.3 is 5.97 Å². The van der Waals surface area contributed by atoms with Crippen molar-refractivity contribution in [2.24, 2.45) is 0 Å². The Bertz CT molecular complexity index is 770.